The second kappa shape index (κ2) is 7.26. The van der Waals surface area contributed by atoms with E-state index in [9.17, 15) is 19.5 Å². The van der Waals surface area contributed by atoms with Crippen LogP contribution in [-0.4, -0.2) is 28.5 Å². The van der Waals surface area contributed by atoms with Gasteiger partial charge in [0, 0.05) is 0 Å². The molecule has 0 aliphatic rings. The minimum absolute atomic E-state index is 0.0724. The van der Waals surface area contributed by atoms with Crippen LogP contribution >= 0.6 is 0 Å². The fraction of sp³-hybridized carbons (Fsp3) is 0.471. The predicted molar refractivity (Wildman–Crippen MR) is 84.9 cm³/mol. The number of carboxylic acid groups (broad SMARTS) is 1. The molecule has 0 spiro atoms. The third-order valence-corrected chi connectivity index (χ3v) is 3.90. The number of nitrogens with one attached hydrogen (secondary N) is 1. The van der Waals surface area contributed by atoms with Crippen molar-refractivity contribution < 1.29 is 24.2 Å². The molecule has 0 saturated heterocycles. The molecule has 0 bridgehead atoms. The highest BCUT2D eigenvalue weighted by Gasteiger charge is 2.47. The maximum atomic E-state index is 12.5. The van der Waals surface area contributed by atoms with Gasteiger partial charge < -0.3 is 15.2 Å². The van der Waals surface area contributed by atoms with E-state index in [2.05, 4.69) is 5.32 Å². The summed E-state index contributed by atoms with van der Waals surface area (Å²) in [5, 5.41) is 11.7. The van der Waals surface area contributed by atoms with E-state index in [4.69, 9.17) is 4.74 Å². The van der Waals surface area contributed by atoms with Gasteiger partial charge in [0.05, 0.1) is 5.54 Å². The van der Waals surface area contributed by atoms with Crippen molar-refractivity contribution in [2.24, 2.45) is 5.41 Å². The van der Waals surface area contributed by atoms with E-state index in [1.807, 2.05) is 30.3 Å². The normalized spacial score (nSPS) is 13.7. The Bertz CT molecular complexity index is 582. The van der Waals surface area contributed by atoms with Crippen molar-refractivity contribution in [3.8, 4) is 0 Å². The van der Waals surface area contributed by atoms with Gasteiger partial charge in [-0.3, -0.25) is 9.59 Å². The Morgan fingerprint density at radius 1 is 1.13 bits per heavy atom. The van der Waals surface area contributed by atoms with Gasteiger partial charge in [-0.2, -0.15) is 0 Å². The topological polar surface area (TPSA) is 92.7 Å². The largest absolute Gasteiger partial charge is 0.481 e. The summed E-state index contributed by atoms with van der Waals surface area (Å²) in [6, 6.07) is 9.12. The molecule has 0 fully saturated rings. The zero-order chi connectivity index (χ0) is 17.7. The number of alkyl carbamates (subject to hydrolysis) is 1. The number of benzene rings is 1. The molecule has 1 atom stereocenters. The molecule has 6 nitrogen and oxygen atoms in total. The van der Waals surface area contributed by atoms with Crippen molar-refractivity contribution in [2.45, 2.75) is 46.3 Å². The zero-order valence-corrected chi connectivity index (χ0v) is 13.9. The van der Waals surface area contributed by atoms with E-state index < -0.39 is 28.8 Å². The smallest absolute Gasteiger partial charge is 0.408 e. The first-order valence-corrected chi connectivity index (χ1v) is 7.40. The van der Waals surface area contributed by atoms with Crippen LogP contribution in [0.5, 0.6) is 0 Å². The highest BCUT2D eigenvalue weighted by molar-refractivity contribution is 6.07. The summed E-state index contributed by atoms with van der Waals surface area (Å²) in [5.74, 6) is -1.81. The second-order valence-corrected chi connectivity index (χ2v) is 6.13. The standard InChI is InChI=1S/C17H23NO5/c1-5-17(4,13(19)16(2,3)14(20)21)18-15(22)23-11-12-9-7-6-8-10-12/h6-10H,5,11H2,1-4H3,(H,18,22)(H,20,21)/t17-/m0/s1. The Hall–Kier alpha value is -2.37. The van der Waals surface area contributed by atoms with E-state index in [-0.39, 0.29) is 13.0 Å². The molecular formula is C17H23NO5. The van der Waals surface area contributed by atoms with Crippen molar-refractivity contribution in [1.29, 1.82) is 0 Å². The lowest BCUT2D eigenvalue weighted by molar-refractivity contribution is -0.155. The van der Waals surface area contributed by atoms with E-state index in [1.165, 1.54) is 20.8 Å². The number of carboxylic acids is 1. The lowest BCUT2D eigenvalue weighted by Crippen LogP contribution is -2.57. The van der Waals surface area contributed by atoms with Crippen LogP contribution in [0, 0.1) is 5.41 Å². The predicted octanol–water partition coefficient (Wildman–Crippen LogP) is 2.76. The lowest BCUT2D eigenvalue weighted by Gasteiger charge is -2.33. The summed E-state index contributed by atoms with van der Waals surface area (Å²) in [4.78, 5) is 35.7. The van der Waals surface area contributed by atoms with Gasteiger partial charge >= 0.3 is 12.1 Å². The summed E-state index contributed by atoms with van der Waals surface area (Å²) in [5.41, 5.74) is -2.09. The van der Waals surface area contributed by atoms with Gasteiger partial charge in [0.1, 0.15) is 12.0 Å². The molecule has 1 amide bonds. The SMILES string of the molecule is CC[C@](C)(NC(=O)OCc1ccccc1)C(=O)C(C)(C)C(=O)O. The van der Waals surface area contributed by atoms with E-state index in [1.54, 1.807) is 6.92 Å². The average Bonchev–Trinajstić information content (AvgIpc) is 2.52. The van der Waals surface area contributed by atoms with E-state index in [0.29, 0.717) is 0 Å². The molecule has 0 aliphatic heterocycles. The monoisotopic (exact) mass is 321 g/mol. The van der Waals surface area contributed by atoms with Crippen LogP contribution in [0.3, 0.4) is 0 Å². The van der Waals surface area contributed by atoms with Crippen molar-refractivity contribution in [2.75, 3.05) is 0 Å². The number of hydrogen-bond donors (Lipinski definition) is 2. The van der Waals surface area contributed by atoms with Crippen LogP contribution in [-0.2, 0) is 20.9 Å². The van der Waals surface area contributed by atoms with Crippen molar-refractivity contribution in [3.05, 3.63) is 35.9 Å². The number of hydrogen-bond acceptors (Lipinski definition) is 4. The van der Waals surface area contributed by atoms with Gasteiger partial charge in [0.25, 0.3) is 0 Å². The van der Waals surface area contributed by atoms with Gasteiger partial charge in [-0.25, -0.2) is 4.79 Å². The molecular weight excluding hydrogens is 298 g/mol. The van der Waals surface area contributed by atoms with Crippen molar-refractivity contribution >= 4 is 17.8 Å². The second-order valence-electron chi connectivity index (χ2n) is 6.13. The first-order chi connectivity index (χ1) is 10.6. The number of carbonyl (C=O) groups excluding carboxylic acids is 2. The molecule has 2 N–H and O–H groups in total. The summed E-state index contributed by atoms with van der Waals surface area (Å²) in [6.45, 7) is 5.92. The summed E-state index contributed by atoms with van der Waals surface area (Å²) in [7, 11) is 0. The molecule has 0 radical (unpaired) electrons. The van der Waals surface area contributed by atoms with Crippen molar-refractivity contribution in [1.82, 2.24) is 5.32 Å². The van der Waals surface area contributed by atoms with Gasteiger partial charge in [0.15, 0.2) is 5.78 Å². The zero-order valence-electron chi connectivity index (χ0n) is 13.9. The van der Waals surface area contributed by atoms with Crippen LogP contribution in [0.4, 0.5) is 4.79 Å². The first kappa shape index (κ1) is 18.7. The number of amides is 1. The average molecular weight is 321 g/mol. The van der Waals surface area contributed by atoms with E-state index >= 15 is 0 Å². The number of rotatable bonds is 7. The summed E-state index contributed by atoms with van der Waals surface area (Å²) < 4.78 is 5.10. The van der Waals surface area contributed by atoms with Gasteiger partial charge in [-0.15, -0.1) is 0 Å². The van der Waals surface area contributed by atoms with E-state index in [0.717, 1.165) is 5.56 Å². The van der Waals surface area contributed by atoms with Gasteiger partial charge in [-0.1, -0.05) is 37.3 Å². The molecule has 126 valence electrons. The Morgan fingerprint density at radius 2 is 1.70 bits per heavy atom. The molecule has 1 aromatic carbocycles. The number of aliphatic carboxylic acids is 1. The van der Waals surface area contributed by atoms with Crippen LogP contribution < -0.4 is 5.32 Å². The Morgan fingerprint density at radius 3 is 2.17 bits per heavy atom. The Labute approximate surface area is 135 Å². The van der Waals surface area contributed by atoms with Crippen LogP contribution in [0.2, 0.25) is 0 Å². The van der Waals surface area contributed by atoms with Crippen LogP contribution in [0.25, 0.3) is 0 Å². The molecule has 6 heteroatoms. The molecule has 0 unspecified atom stereocenters. The number of ketones is 1. The number of Topliss-reactive ketones (excluding diaryl/α,β-unsaturated/α-hetero) is 1. The minimum atomic E-state index is -1.60. The number of ether oxygens (including phenoxy) is 1. The highest BCUT2D eigenvalue weighted by atomic mass is 16.5. The third-order valence-electron chi connectivity index (χ3n) is 3.90. The summed E-state index contributed by atoms with van der Waals surface area (Å²) >= 11 is 0. The molecule has 1 aromatic rings. The van der Waals surface area contributed by atoms with Crippen molar-refractivity contribution in [3.63, 3.8) is 0 Å². The quantitative estimate of drug-likeness (QED) is 0.753. The molecule has 0 aliphatic carbocycles. The molecule has 0 saturated carbocycles. The molecule has 23 heavy (non-hydrogen) atoms. The maximum Gasteiger partial charge on any atom is 0.408 e. The molecule has 0 heterocycles. The first-order valence-electron chi connectivity index (χ1n) is 7.40. The van der Waals surface area contributed by atoms with Crippen LogP contribution in [0.1, 0.15) is 39.7 Å². The molecule has 0 aromatic heterocycles. The Kier molecular flexibility index (Phi) is 5.90. The van der Waals surface area contributed by atoms with Gasteiger partial charge in [-0.05, 0) is 32.8 Å². The van der Waals surface area contributed by atoms with Crippen LogP contribution in [0.15, 0.2) is 30.3 Å². The highest BCUT2D eigenvalue weighted by Crippen LogP contribution is 2.26. The minimum Gasteiger partial charge on any atom is -0.481 e. The fourth-order valence-electron chi connectivity index (χ4n) is 2.08. The Balaban J connectivity index is 2.75. The lowest BCUT2D eigenvalue weighted by atomic mass is 9.76. The number of carbonyl (C=O) groups is 3. The molecule has 1 rings (SSSR count). The maximum absolute atomic E-state index is 12.5. The summed E-state index contributed by atoms with van der Waals surface area (Å²) in [6.07, 6.45) is -0.504. The fourth-order valence-corrected chi connectivity index (χ4v) is 2.08. The third kappa shape index (κ3) is 4.55. The van der Waals surface area contributed by atoms with Gasteiger partial charge in [0.2, 0.25) is 0 Å².